The van der Waals surface area contributed by atoms with Gasteiger partial charge in [-0.2, -0.15) is 0 Å². The third-order valence-electron chi connectivity index (χ3n) is 3.61. The van der Waals surface area contributed by atoms with Gasteiger partial charge in [0, 0.05) is 18.7 Å². The Morgan fingerprint density at radius 2 is 1.90 bits per heavy atom. The molecule has 0 bridgehead atoms. The van der Waals surface area contributed by atoms with E-state index in [-0.39, 0.29) is 6.61 Å². The second-order valence-electron chi connectivity index (χ2n) is 4.96. The highest BCUT2D eigenvalue weighted by atomic mass is 35.5. The van der Waals surface area contributed by atoms with Crippen LogP contribution >= 0.6 is 11.6 Å². The van der Waals surface area contributed by atoms with Crippen LogP contribution in [0.1, 0.15) is 18.3 Å². The van der Waals surface area contributed by atoms with E-state index in [9.17, 15) is 0 Å². The van der Waals surface area contributed by atoms with Crippen LogP contribution in [0.4, 0.5) is 0 Å². The zero-order valence-electron chi connectivity index (χ0n) is 11.9. The third kappa shape index (κ3) is 2.55. The summed E-state index contributed by atoms with van der Waals surface area (Å²) < 4.78 is 2.11. The molecule has 3 aromatic rings. The lowest BCUT2D eigenvalue weighted by atomic mass is 10.1. The van der Waals surface area contributed by atoms with E-state index in [1.54, 1.807) is 0 Å². The van der Waals surface area contributed by atoms with Crippen LogP contribution in [-0.4, -0.2) is 21.3 Å². The van der Waals surface area contributed by atoms with E-state index in [0.29, 0.717) is 11.4 Å². The zero-order valence-corrected chi connectivity index (χ0v) is 12.6. The Kier molecular flexibility index (Phi) is 3.95. The summed E-state index contributed by atoms with van der Waals surface area (Å²) in [5, 5.41) is 9.71. The van der Waals surface area contributed by atoms with Gasteiger partial charge in [0.05, 0.1) is 16.1 Å². The SMILES string of the molecule is CCc1nc2cccc(Cl)c2n1-c1ccc(CCO)cc1. The van der Waals surface area contributed by atoms with E-state index in [0.717, 1.165) is 34.5 Å². The van der Waals surface area contributed by atoms with Gasteiger partial charge in [-0.1, -0.05) is 36.7 Å². The van der Waals surface area contributed by atoms with Gasteiger partial charge in [0.15, 0.2) is 0 Å². The highest BCUT2D eigenvalue weighted by molar-refractivity contribution is 6.35. The predicted octanol–water partition coefficient (Wildman–Crippen LogP) is 3.78. The number of nitrogens with zero attached hydrogens (tertiary/aromatic N) is 2. The fraction of sp³-hybridized carbons (Fsp3) is 0.235. The van der Waals surface area contributed by atoms with Crippen molar-refractivity contribution in [1.29, 1.82) is 0 Å². The maximum Gasteiger partial charge on any atom is 0.114 e. The Morgan fingerprint density at radius 1 is 1.14 bits per heavy atom. The first kappa shape index (κ1) is 14.1. The molecule has 1 heterocycles. The second kappa shape index (κ2) is 5.88. The van der Waals surface area contributed by atoms with Crippen molar-refractivity contribution in [2.45, 2.75) is 19.8 Å². The minimum Gasteiger partial charge on any atom is -0.396 e. The van der Waals surface area contributed by atoms with Crippen molar-refractivity contribution in [2.24, 2.45) is 0 Å². The Morgan fingerprint density at radius 3 is 2.57 bits per heavy atom. The molecule has 0 radical (unpaired) electrons. The van der Waals surface area contributed by atoms with Crippen LogP contribution in [0.3, 0.4) is 0 Å². The van der Waals surface area contributed by atoms with Crippen LogP contribution < -0.4 is 0 Å². The summed E-state index contributed by atoms with van der Waals surface area (Å²) in [5.41, 5.74) is 4.03. The first-order chi connectivity index (χ1) is 10.2. The number of imidazole rings is 1. The molecular formula is C17H17ClN2O. The molecule has 1 aromatic heterocycles. The van der Waals surface area contributed by atoms with Crippen LogP contribution in [0, 0.1) is 0 Å². The fourth-order valence-electron chi connectivity index (χ4n) is 2.59. The quantitative estimate of drug-likeness (QED) is 0.796. The molecule has 0 spiro atoms. The lowest BCUT2D eigenvalue weighted by molar-refractivity contribution is 0.299. The van der Waals surface area contributed by atoms with Gasteiger partial charge in [-0.15, -0.1) is 0 Å². The van der Waals surface area contributed by atoms with Crippen molar-refractivity contribution in [1.82, 2.24) is 9.55 Å². The van der Waals surface area contributed by atoms with E-state index < -0.39 is 0 Å². The Bertz CT molecular complexity index is 762. The molecule has 1 N–H and O–H groups in total. The number of benzene rings is 2. The lowest BCUT2D eigenvalue weighted by Gasteiger charge is -2.10. The molecule has 3 rings (SSSR count). The molecule has 0 saturated heterocycles. The van der Waals surface area contributed by atoms with E-state index in [4.69, 9.17) is 16.7 Å². The van der Waals surface area contributed by atoms with Gasteiger partial charge in [0.25, 0.3) is 0 Å². The molecule has 0 aliphatic heterocycles. The molecule has 0 aliphatic carbocycles. The van der Waals surface area contributed by atoms with Gasteiger partial charge in [-0.25, -0.2) is 4.98 Å². The fourth-order valence-corrected chi connectivity index (χ4v) is 2.84. The molecule has 0 unspecified atom stereocenters. The van der Waals surface area contributed by atoms with Gasteiger partial charge in [-0.05, 0) is 36.2 Å². The Labute approximate surface area is 128 Å². The molecule has 4 heteroatoms. The molecule has 21 heavy (non-hydrogen) atoms. The first-order valence-corrected chi connectivity index (χ1v) is 7.48. The number of halogens is 1. The van der Waals surface area contributed by atoms with Gasteiger partial charge < -0.3 is 5.11 Å². The standard InChI is InChI=1S/C17H17ClN2O/c1-2-16-19-15-5-3-4-14(18)17(15)20(16)13-8-6-12(7-9-13)10-11-21/h3-9,21H,2,10-11H2,1H3. The second-order valence-corrected chi connectivity index (χ2v) is 5.37. The zero-order chi connectivity index (χ0) is 14.8. The summed E-state index contributed by atoms with van der Waals surface area (Å²) in [6, 6.07) is 14.0. The van der Waals surface area contributed by atoms with E-state index in [1.165, 1.54) is 0 Å². The van der Waals surface area contributed by atoms with Crippen LogP contribution in [-0.2, 0) is 12.8 Å². The van der Waals surface area contributed by atoms with E-state index >= 15 is 0 Å². The lowest BCUT2D eigenvalue weighted by Crippen LogP contribution is -2.01. The average Bonchev–Trinajstić information content (AvgIpc) is 2.88. The predicted molar refractivity (Wildman–Crippen MR) is 86.2 cm³/mol. The highest BCUT2D eigenvalue weighted by Gasteiger charge is 2.13. The summed E-state index contributed by atoms with van der Waals surface area (Å²) in [4.78, 5) is 4.67. The minimum atomic E-state index is 0.166. The summed E-state index contributed by atoms with van der Waals surface area (Å²) in [5.74, 6) is 0.994. The van der Waals surface area contributed by atoms with Gasteiger partial charge in [0.2, 0.25) is 0 Å². The van der Waals surface area contributed by atoms with Crippen molar-refractivity contribution in [2.75, 3.05) is 6.61 Å². The monoisotopic (exact) mass is 300 g/mol. The molecule has 0 atom stereocenters. The van der Waals surface area contributed by atoms with Gasteiger partial charge in [-0.3, -0.25) is 4.57 Å². The van der Waals surface area contributed by atoms with Crippen molar-refractivity contribution in [3.05, 3.63) is 58.9 Å². The number of fused-ring (bicyclic) bond motifs is 1. The van der Waals surface area contributed by atoms with Crippen molar-refractivity contribution in [3.8, 4) is 5.69 Å². The minimum absolute atomic E-state index is 0.166. The maximum absolute atomic E-state index is 9.00. The molecular weight excluding hydrogens is 284 g/mol. The molecule has 108 valence electrons. The molecule has 0 aliphatic rings. The first-order valence-electron chi connectivity index (χ1n) is 7.10. The topological polar surface area (TPSA) is 38.0 Å². The summed E-state index contributed by atoms with van der Waals surface area (Å²) in [6.07, 6.45) is 1.51. The number of para-hydroxylation sites is 1. The van der Waals surface area contributed by atoms with Gasteiger partial charge in [0.1, 0.15) is 5.82 Å². The average molecular weight is 301 g/mol. The largest absolute Gasteiger partial charge is 0.396 e. The van der Waals surface area contributed by atoms with Crippen LogP contribution in [0.5, 0.6) is 0 Å². The highest BCUT2D eigenvalue weighted by Crippen LogP contribution is 2.28. The van der Waals surface area contributed by atoms with Crippen LogP contribution in [0.15, 0.2) is 42.5 Å². The Hall–Kier alpha value is -1.84. The molecule has 2 aromatic carbocycles. The summed E-state index contributed by atoms with van der Waals surface area (Å²) >= 11 is 6.37. The number of aliphatic hydroxyl groups excluding tert-OH is 1. The normalized spacial score (nSPS) is 11.2. The van der Waals surface area contributed by atoms with Crippen LogP contribution in [0.2, 0.25) is 5.02 Å². The van der Waals surface area contributed by atoms with Crippen LogP contribution in [0.25, 0.3) is 16.7 Å². The number of rotatable bonds is 4. The number of hydrogen-bond donors (Lipinski definition) is 1. The maximum atomic E-state index is 9.00. The third-order valence-corrected chi connectivity index (χ3v) is 3.91. The smallest absolute Gasteiger partial charge is 0.114 e. The number of aromatic nitrogens is 2. The molecule has 3 nitrogen and oxygen atoms in total. The summed E-state index contributed by atoms with van der Waals surface area (Å²) in [7, 11) is 0. The molecule has 0 saturated carbocycles. The van der Waals surface area contributed by atoms with E-state index in [2.05, 4.69) is 28.6 Å². The molecule has 0 amide bonds. The van der Waals surface area contributed by atoms with E-state index in [1.807, 2.05) is 30.3 Å². The van der Waals surface area contributed by atoms with Crippen molar-refractivity contribution < 1.29 is 5.11 Å². The number of aliphatic hydroxyl groups is 1. The van der Waals surface area contributed by atoms with Crippen molar-refractivity contribution >= 4 is 22.6 Å². The van der Waals surface area contributed by atoms with Crippen molar-refractivity contribution in [3.63, 3.8) is 0 Å². The Balaban J connectivity index is 2.18. The van der Waals surface area contributed by atoms with Gasteiger partial charge >= 0.3 is 0 Å². The molecule has 0 fully saturated rings. The summed E-state index contributed by atoms with van der Waals surface area (Å²) in [6.45, 7) is 2.26. The number of aryl methyl sites for hydroxylation is 1. The number of hydrogen-bond acceptors (Lipinski definition) is 2.